The van der Waals surface area contributed by atoms with Crippen LogP contribution < -0.4 is 10.6 Å². The summed E-state index contributed by atoms with van der Waals surface area (Å²) in [5.41, 5.74) is -0.217. The van der Waals surface area contributed by atoms with Crippen LogP contribution in [0.5, 0.6) is 0 Å². The van der Waals surface area contributed by atoms with Gasteiger partial charge in [-0.3, -0.25) is 0 Å². The summed E-state index contributed by atoms with van der Waals surface area (Å²) < 4.78 is 48.2. The molecule has 0 atom stereocenters. The Morgan fingerprint density at radius 2 is 1.92 bits per heavy atom. The minimum atomic E-state index is -1.18. The maximum absolute atomic E-state index is 14.4. The molecule has 9 heteroatoms. The molecular weight excluding hydrogens is 460 g/mol. The van der Waals surface area contributed by atoms with E-state index in [0.717, 1.165) is 6.07 Å². The van der Waals surface area contributed by atoms with Crippen molar-refractivity contribution in [2.75, 3.05) is 17.2 Å². The van der Waals surface area contributed by atoms with E-state index >= 15 is 0 Å². The molecule has 1 heterocycles. The third-order valence-corrected chi connectivity index (χ3v) is 4.01. The van der Waals surface area contributed by atoms with Crippen LogP contribution in [0.1, 0.15) is 0 Å². The lowest BCUT2D eigenvalue weighted by Gasteiger charge is -2.12. The number of anilines is 3. The highest BCUT2D eigenvalue weighted by molar-refractivity contribution is 14.1. The number of hydrogen-bond acceptors (Lipinski definition) is 5. The van der Waals surface area contributed by atoms with E-state index in [4.69, 9.17) is 4.42 Å². The van der Waals surface area contributed by atoms with E-state index in [9.17, 15) is 13.2 Å². The Kier molecular flexibility index (Phi) is 5.45. The van der Waals surface area contributed by atoms with E-state index in [1.54, 1.807) is 12.1 Å². The first-order valence-electron chi connectivity index (χ1n) is 7.38. The predicted octanol–water partition coefficient (Wildman–Crippen LogP) is 5.10. The highest BCUT2D eigenvalue weighted by Gasteiger charge is 2.20. The first-order valence-corrected chi connectivity index (χ1v) is 8.46. The number of benzene rings is 2. The highest BCUT2D eigenvalue weighted by atomic mass is 127. The van der Waals surface area contributed by atoms with Crippen molar-refractivity contribution in [3.63, 3.8) is 0 Å². The molecule has 0 aliphatic rings. The lowest BCUT2D eigenvalue weighted by atomic mass is 10.1. The van der Waals surface area contributed by atoms with Gasteiger partial charge in [0.2, 0.25) is 0 Å². The van der Waals surface area contributed by atoms with Gasteiger partial charge in [0.1, 0.15) is 5.82 Å². The molecule has 0 radical (unpaired) electrons. The largest absolute Gasteiger partial charge is 0.403 e. The van der Waals surface area contributed by atoms with Gasteiger partial charge in [-0.15, -0.1) is 11.7 Å². The number of nitrogens with one attached hydrogen (secondary N) is 2. The quantitative estimate of drug-likeness (QED) is 0.386. The van der Waals surface area contributed by atoms with Gasteiger partial charge in [-0.05, 0) is 52.9 Å². The molecular formula is C17H12F3IN4O. The standard InChI is InChI=1S/C17H12F3IN4O/c1-2-7-22-17-25-24-16(26-17)10-4-5-11(18)14(20)15(10)23-13-6-3-9(21)8-12(13)19/h2-6,8,23H,1,7H2,(H,22,25). The normalized spacial score (nSPS) is 10.6. The Balaban J connectivity index is 2.02. The second-order valence-corrected chi connectivity index (χ2v) is 6.36. The molecule has 0 unspecified atom stereocenters. The number of rotatable bonds is 6. The lowest BCUT2D eigenvalue weighted by molar-refractivity contribution is 0.511. The van der Waals surface area contributed by atoms with Crippen molar-refractivity contribution < 1.29 is 17.6 Å². The van der Waals surface area contributed by atoms with Crippen molar-refractivity contribution >= 4 is 40.0 Å². The van der Waals surface area contributed by atoms with Crippen LogP contribution in [0, 0.1) is 21.0 Å². The molecule has 3 rings (SSSR count). The molecule has 0 spiro atoms. The molecule has 0 aliphatic heterocycles. The van der Waals surface area contributed by atoms with Crippen molar-refractivity contribution in [3.05, 3.63) is 64.0 Å². The van der Waals surface area contributed by atoms with E-state index in [0.29, 0.717) is 10.1 Å². The fourth-order valence-electron chi connectivity index (χ4n) is 2.14. The molecule has 3 aromatic rings. The van der Waals surface area contributed by atoms with Crippen molar-refractivity contribution in [2.24, 2.45) is 0 Å². The summed E-state index contributed by atoms with van der Waals surface area (Å²) in [6.45, 7) is 3.93. The van der Waals surface area contributed by atoms with E-state index < -0.39 is 17.5 Å². The summed E-state index contributed by atoms with van der Waals surface area (Å²) in [7, 11) is 0. The second kappa shape index (κ2) is 7.77. The molecule has 1 aromatic heterocycles. The Hall–Kier alpha value is -2.56. The molecule has 0 amide bonds. The molecule has 2 aromatic carbocycles. The zero-order chi connectivity index (χ0) is 18.7. The minimum Gasteiger partial charge on any atom is -0.403 e. The van der Waals surface area contributed by atoms with Crippen LogP contribution in [0.25, 0.3) is 11.5 Å². The van der Waals surface area contributed by atoms with Crippen LogP contribution in [-0.2, 0) is 0 Å². The van der Waals surface area contributed by atoms with Crippen molar-refractivity contribution in [1.29, 1.82) is 0 Å². The zero-order valence-electron chi connectivity index (χ0n) is 13.2. The molecule has 5 nitrogen and oxygen atoms in total. The van der Waals surface area contributed by atoms with Crippen LogP contribution in [-0.4, -0.2) is 16.7 Å². The summed E-state index contributed by atoms with van der Waals surface area (Å²) >= 11 is 1.95. The van der Waals surface area contributed by atoms with Gasteiger partial charge in [-0.2, -0.15) is 0 Å². The summed E-state index contributed by atoms with van der Waals surface area (Å²) in [5.74, 6) is -2.93. The van der Waals surface area contributed by atoms with Gasteiger partial charge >= 0.3 is 6.01 Å². The van der Waals surface area contributed by atoms with Gasteiger partial charge < -0.3 is 15.1 Å². The van der Waals surface area contributed by atoms with Crippen LogP contribution in [0.15, 0.2) is 47.4 Å². The summed E-state index contributed by atoms with van der Waals surface area (Å²) in [6.07, 6.45) is 1.59. The SMILES string of the molecule is C=CCNc1nnc(-c2ccc(F)c(F)c2Nc2ccc(I)cc2F)o1. The number of halogens is 4. The minimum absolute atomic E-state index is 0.0133. The fourth-order valence-corrected chi connectivity index (χ4v) is 2.59. The first-order chi connectivity index (χ1) is 12.5. The summed E-state index contributed by atoms with van der Waals surface area (Å²) in [6, 6.07) is 6.63. The topological polar surface area (TPSA) is 63.0 Å². The van der Waals surface area contributed by atoms with Gasteiger partial charge in [-0.25, -0.2) is 13.2 Å². The first kappa shape index (κ1) is 18.2. The Morgan fingerprint density at radius 3 is 2.65 bits per heavy atom. The van der Waals surface area contributed by atoms with E-state index in [2.05, 4.69) is 27.4 Å². The van der Waals surface area contributed by atoms with Crippen LogP contribution in [0.3, 0.4) is 0 Å². The molecule has 2 N–H and O–H groups in total. The Morgan fingerprint density at radius 1 is 1.12 bits per heavy atom. The predicted molar refractivity (Wildman–Crippen MR) is 101 cm³/mol. The molecule has 134 valence electrons. The van der Waals surface area contributed by atoms with Gasteiger partial charge in [0.05, 0.1) is 16.9 Å². The van der Waals surface area contributed by atoms with E-state index in [1.165, 1.54) is 18.2 Å². The maximum atomic E-state index is 14.4. The third kappa shape index (κ3) is 3.82. The molecule has 0 aliphatic carbocycles. The lowest BCUT2D eigenvalue weighted by Crippen LogP contribution is -2.01. The molecule has 26 heavy (non-hydrogen) atoms. The van der Waals surface area contributed by atoms with E-state index in [-0.39, 0.29) is 28.8 Å². The monoisotopic (exact) mass is 472 g/mol. The molecule has 0 saturated carbocycles. The molecule has 0 fully saturated rings. The van der Waals surface area contributed by atoms with Crippen LogP contribution >= 0.6 is 22.6 Å². The van der Waals surface area contributed by atoms with Crippen molar-refractivity contribution in [3.8, 4) is 11.5 Å². The number of hydrogen-bond donors (Lipinski definition) is 2. The smallest absolute Gasteiger partial charge is 0.315 e. The van der Waals surface area contributed by atoms with Crippen molar-refractivity contribution in [2.45, 2.75) is 0 Å². The zero-order valence-corrected chi connectivity index (χ0v) is 15.4. The fraction of sp³-hybridized carbons (Fsp3) is 0.0588. The summed E-state index contributed by atoms with van der Waals surface area (Å²) in [5, 5.41) is 12.9. The van der Waals surface area contributed by atoms with Crippen molar-refractivity contribution in [1.82, 2.24) is 10.2 Å². The highest BCUT2D eigenvalue weighted by Crippen LogP contribution is 2.34. The van der Waals surface area contributed by atoms with E-state index in [1.807, 2.05) is 22.6 Å². The van der Waals surface area contributed by atoms with Gasteiger partial charge in [0, 0.05) is 10.1 Å². The van der Waals surface area contributed by atoms with Crippen LogP contribution in [0.4, 0.5) is 30.6 Å². The van der Waals surface area contributed by atoms with Gasteiger partial charge in [0.25, 0.3) is 5.89 Å². The average Bonchev–Trinajstić information content (AvgIpc) is 3.08. The van der Waals surface area contributed by atoms with Gasteiger partial charge in [-0.1, -0.05) is 11.2 Å². The van der Waals surface area contributed by atoms with Crippen LogP contribution in [0.2, 0.25) is 0 Å². The summed E-state index contributed by atoms with van der Waals surface area (Å²) in [4.78, 5) is 0. The second-order valence-electron chi connectivity index (χ2n) is 5.12. The maximum Gasteiger partial charge on any atom is 0.315 e. The molecule has 0 bridgehead atoms. The number of aromatic nitrogens is 2. The molecule has 0 saturated heterocycles. The Bertz CT molecular complexity index is 961. The average molecular weight is 472 g/mol. The third-order valence-electron chi connectivity index (χ3n) is 3.34. The van der Waals surface area contributed by atoms with Gasteiger partial charge in [0.15, 0.2) is 11.6 Å². The number of nitrogens with zero attached hydrogens (tertiary/aromatic N) is 2. The Labute approximate surface area is 160 Å².